The molecule has 0 unspecified atom stereocenters. The molecular formula is C12H19N3OS. The lowest BCUT2D eigenvalue weighted by Gasteiger charge is -2.26. The van der Waals surface area contributed by atoms with Gasteiger partial charge in [-0.15, -0.1) is 0 Å². The Morgan fingerprint density at radius 1 is 1.53 bits per heavy atom. The molecule has 2 rings (SSSR count). The molecule has 0 aliphatic carbocycles. The lowest BCUT2D eigenvalue weighted by atomic mass is 10.0. The molecule has 1 aromatic rings. The van der Waals surface area contributed by atoms with Gasteiger partial charge in [0.15, 0.2) is 5.16 Å². The predicted molar refractivity (Wildman–Crippen MR) is 70.6 cm³/mol. The summed E-state index contributed by atoms with van der Waals surface area (Å²) in [5, 5.41) is 4.03. The van der Waals surface area contributed by atoms with Gasteiger partial charge in [-0.05, 0) is 31.8 Å². The highest BCUT2D eigenvalue weighted by atomic mass is 32.2. The maximum Gasteiger partial charge on any atom is 0.251 e. The Bertz CT molecular complexity index is 414. The van der Waals surface area contributed by atoms with Gasteiger partial charge in [-0.1, -0.05) is 25.1 Å². The van der Waals surface area contributed by atoms with Gasteiger partial charge in [0.05, 0.1) is 0 Å². The third kappa shape index (κ3) is 3.85. The van der Waals surface area contributed by atoms with Crippen LogP contribution in [0.15, 0.2) is 16.0 Å². The Labute approximate surface area is 106 Å². The molecule has 1 saturated heterocycles. The van der Waals surface area contributed by atoms with E-state index < -0.39 is 0 Å². The van der Waals surface area contributed by atoms with E-state index in [2.05, 4.69) is 22.2 Å². The summed E-state index contributed by atoms with van der Waals surface area (Å²) in [6.07, 6.45) is 3.09. The second-order valence-electron chi connectivity index (χ2n) is 4.45. The number of aromatic amines is 1. The van der Waals surface area contributed by atoms with Gasteiger partial charge in [-0.25, -0.2) is 4.98 Å². The van der Waals surface area contributed by atoms with Crippen molar-refractivity contribution in [3.8, 4) is 0 Å². The van der Waals surface area contributed by atoms with Gasteiger partial charge in [0.25, 0.3) is 5.56 Å². The van der Waals surface area contributed by atoms with E-state index in [1.807, 2.05) is 0 Å². The van der Waals surface area contributed by atoms with Crippen molar-refractivity contribution in [3.63, 3.8) is 0 Å². The fraction of sp³-hybridized carbons (Fsp3) is 0.667. The van der Waals surface area contributed by atoms with E-state index in [0.717, 1.165) is 48.5 Å². The standard InChI is InChI=1S/C12H19N3OS/c1-2-3-10-6-11(16)15-12(14-10)17-5-4-9-7-13-8-9/h6,9,13H,2-5,7-8H2,1H3,(H,14,15,16). The van der Waals surface area contributed by atoms with Crippen molar-refractivity contribution in [3.05, 3.63) is 22.1 Å². The maximum absolute atomic E-state index is 11.4. The fourth-order valence-corrected chi connectivity index (χ4v) is 2.81. The van der Waals surface area contributed by atoms with Gasteiger partial charge in [0.1, 0.15) is 0 Å². The molecule has 0 aromatic carbocycles. The average Bonchev–Trinajstić information content (AvgIpc) is 2.21. The quantitative estimate of drug-likeness (QED) is 0.595. The first kappa shape index (κ1) is 12.6. The van der Waals surface area contributed by atoms with Crippen LogP contribution in [0.5, 0.6) is 0 Å². The lowest BCUT2D eigenvalue weighted by Crippen LogP contribution is -2.42. The molecule has 1 fully saturated rings. The molecule has 1 aliphatic rings. The van der Waals surface area contributed by atoms with Gasteiger partial charge >= 0.3 is 0 Å². The predicted octanol–water partition coefficient (Wildman–Crippen LogP) is 1.42. The van der Waals surface area contributed by atoms with Crippen LogP contribution in [0.1, 0.15) is 25.5 Å². The topological polar surface area (TPSA) is 57.8 Å². The molecule has 94 valence electrons. The highest BCUT2D eigenvalue weighted by Crippen LogP contribution is 2.17. The SMILES string of the molecule is CCCc1cc(=O)[nH]c(SCCC2CNC2)n1. The van der Waals surface area contributed by atoms with Crippen LogP contribution in [0.4, 0.5) is 0 Å². The molecule has 2 heterocycles. The molecule has 0 saturated carbocycles. The molecule has 0 atom stereocenters. The molecule has 0 spiro atoms. The van der Waals surface area contributed by atoms with E-state index in [4.69, 9.17) is 0 Å². The van der Waals surface area contributed by atoms with Crippen LogP contribution in [-0.2, 0) is 6.42 Å². The Morgan fingerprint density at radius 3 is 3.00 bits per heavy atom. The first-order valence-electron chi connectivity index (χ1n) is 6.21. The second kappa shape index (κ2) is 6.21. The summed E-state index contributed by atoms with van der Waals surface area (Å²) < 4.78 is 0. The number of H-pyrrole nitrogens is 1. The van der Waals surface area contributed by atoms with Crippen LogP contribution in [-0.4, -0.2) is 28.8 Å². The molecule has 17 heavy (non-hydrogen) atoms. The number of nitrogens with zero attached hydrogens (tertiary/aromatic N) is 1. The lowest BCUT2D eigenvalue weighted by molar-refractivity contribution is 0.341. The Morgan fingerprint density at radius 2 is 2.35 bits per heavy atom. The van der Waals surface area contributed by atoms with Gasteiger partial charge in [-0.2, -0.15) is 0 Å². The van der Waals surface area contributed by atoms with Crippen molar-refractivity contribution in [2.24, 2.45) is 5.92 Å². The van der Waals surface area contributed by atoms with Crippen LogP contribution >= 0.6 is 11.8 Å². The Hall–Kier alpha value is -0.810. The first-order chi connectivity index (χ1) is 8.28. The van der Waals surface area contributed by atoms with E-state index >= 15 is 0 Å². The van der Waals surface area contributed by atoms with Crippen LogP contribution in [0.25, 0.3) is 0 Å². The zero-order valence-corrected chi connectivity index (χ0v) is 11.0. The normalized spacial score (nSPS) is 15.8. The van der Waals surface area contributed by atoms with Gasteiger partial charge < -0.3 is 10.3 Å². The summed E-state index contributed by atoms with van der Waals surface area (Å²) in [6, 6.07) is 1.60. The Kier molecular flexibility index (Phi) is 4.62. The first-order valence-corrected chi connectivity index (χ1v) is 7.20. The summed E-state index contributed by atoms with van der Waals surface area (Å²) in [5.41, 5.74) is 0.875. The van der Waals surface area contributed by atoms with Crippen molar-refractivity contribution >= 4 is 11.8 Å². The number of nitrogens with one attached hydrogen (secondary N) is 2. The molecule has 2 N–H and O–H groups in total. The van der Waals surface area contributed by atoms with Crippen molar-refractivity contribution in [1.82, 2.24) is 15.3 Å². The summed E-state index contributed by atoms with van der Waals surface area (Å²) in [4.78, 5) is 18.7. The molecule has 0 bridgehead atoms. The molecule has 5 heteroatoms. The average molecular weight is 253 g/mol. The molecule has 0 radical (unpaired) electrons. The summed E-state index contributed by atoms with van der Waals surface area (Å²) in [7, 11) is 0. The number of hydrogen-bond acceptors (Lipinski definition) is 4. The van der Waals surface area contributed by atoms with Crippen LogP contribution < -0.4 is 10.9 Å². The fourth-order valence-electron chi connectivity index (χ4n) is 1.81. The van der Waals surface area contributed by atoms with Crippen molar-refractivity contribution in [2.45, 2.75) is 31.3 Å². The number of aryl methyl sites for hydroxylation is 1. The highest BCUT2D eigenvalue weighted by molar-refractivity contribution is 7.99. The van der Waals surface area contributed by atoms with E-state index in [-0.39, 0.29) is 5.56 Å². The molecule has 4 nitrogen and oxygen atoms in total. The monoisotopic (exact) mass is 253 g/mol. The zero-order valence-electron chi connectivity index (χ0n) is 10.2. The molecular weight excluding hydrogens is 234 g/mol. The van der Waals surface area contributed by atoms with Crippen LogP contribution in [0.2, 0.25) is 0 Å². The molecule has 1 aromatic heterocycles. The minimum atomic E-state index is -0.0312. The van der Waals surface area contributed by atoms with Crippen LogP contribution in [0, 0.1) is 5.92 Å². The van der Waals surface area contributed by atoms with Crippen molar-refractivity contribution in [2.75, 3.05) is 18.8 Å². The van der Waals surface area contributed by atoms with Gasteiger partial charge in [0.2, 0.25) is 0 Å². The third-order valence-electron chi connectivity index (χ3n) is 2.91. The minimum Gasteiger partial charge on any atom is -0.316 e. The van der Waals surface area contributed by atoms with Gasteiger partial charge in [0, 0.05) is 17.5 Å². The van der Waals surface area contributed by atoms with Crippen LogP contribution in [0.3, 0.4) is 0 Å². The Balaban J connectivity index is 1.87. The van der Waals surface area contributed by atoms with Crippen molar-refractivity contribution in [1.29, 1.82) is 0 Å². The van der Waals surface area contributed by atoms with Crippen molar-refractivity contribution < 1.29 is 0 Å². The van der Waals surface area contributed by atoms with E-state index in [0.29, 0.717) is 0 Å². The molecule has 0 amide bonds. The maximum atomic E-state index is 11.4. The second-order valence-corrected chi connectivity index (χ2v) is 5.54. The van der Waals surface area contributed by atoms with E-state index in [1.165, 1.54) is 6.42 Å². The summed E-state index contributed by atoms with van der Waals surface area (Å²) in [5.74, 6) is 1.85. The molecule has 1 aliphatic heterocycles. The number of rotatable bonds is 6. The largest absolute Gasteiger partial charge is 0.316 e. The number of aromatic nitrogens is 2. The number of hydrogen-bond donors (Lipinski definition) is 2. The smallest absolute Gasteiger partial charge is 0.251 e. The van der Waals surface area contributed by atoms with Gasteiger partial charge in [-0.3, -0.25) is 4.79 Å². The van der Waals surface area contributed by atoms with E-state index in [9.17, 15) is 4.79 Å². The highest BCUT2D eigenvalue weighted by Gasteiger charge is 2.16. The zero-order chi connectivity index (χ0) is 12.1. The third-order valence-corrected chi connectivity index (χ3v) is 3.82. The summed E-state index contributed by atoms with van der Waals surface area (Å²) >= 11 is 1.66. The van der Waals surface area contributed by atoms with E-state index in [1.54, 1.807) is 17.8 Å². The number of thioether (sulfide) groups is 1. The summed E-state index contributed by atoms with van der Waals surface area (Å²) in [6.45, 7) is 4.38. The minimum absolute atomic E-state index is 0.0312.